The number of hydrogen-bond donors (Lipinski definition) is 1. The van der Waals surface area contributed by atoms with Crippen molar-refractivity contribution in [3.8, 4) is 5.75 Å². The Kier molecular flexibility index (Phi) is 3.28. The molecule has 1 aromatic carbocycles. The molecule has 0 bridgehead atoms. The molecular weight excluding hydrogens is 194 g/mol. The van der Waals surface area contributed by atoms with Crippen molar-refractivity contribution >= 4 is 8.41 Å². The van der Waals surface area contributed by atoms with Crippen molar-refractivity contribution in [2.75, 3.05) is 0 Å². The van der Waals surface area contributed by atoms with Crippen LogP contribution in [0.15, 0.2) is 0 Å². The number of phenols is 1. The van der Waals surface area contributed by atoms with Gasteiger partial charge >= 0.3 is 0 Å². The molecule has 0 saturated carbocycles. The fourth-order valence-corrected chi connectivity index (χ4v) is 0.593. The lowest BCUT2D eigenvalue weighted by Gasteiger charge is -2.00. The van der Waals surface area contributed by atoms with Crippen molar-refractivity contribution in [3.05, 3.63) is 29.1 Å². The molecule has 0 saturated heterocycles. The van der Waals surface area contributed by atoms with Crippen molar-refractivity contribution in [3.63, 3.8) is 0 Å². The van der Waals surface area contributed by atoms with E-state index in [9.17, 15) is 22.0 Å². The fourth-order valence-electron chi connectivity index (χ4n) is 0.593. The maximum Gasteiger partial charge on any atom is 0.206 e. The number of halogens is 5. The predicted molar refractivity (Wildman–Crippen MR) is 33.7 cm³/mol. The third-order valence-corrected chi connectivity index (χ3v) is 1.19. The zero-order valence-electron chi connectivity index (χ0n) is 5.91. The van der Waals surface area contributed by atoms with Crippen molar-refractivity contribution in [1.29, 1.82) is 0 Å². The van der Waals surface area contributed by atoms with Crippen LogP contribution in [-0.2, 0) is 0 Å². The average Bonchev–Trinajstić information content (AvgIpc) is 2.08. The van der Waals surface area contributed by atoms with Crippen LogP contribution in [0.3, 0.4) is 0 Å². The highest BCUT2D eigenvalue weighted by Gasteiger charge is 2.24. The van der Waals surface area contributed by atoms with Gasteiger partial charge in [0.05, 0.1) is 0 Å². The van der Waals surface area contributed by atoms with Crippen LogP contribution in [0, 0.1) is 29.1 Å². The molecule has 69 valence electrons. The van der Waals surface area contributed by atoms with Crippen LogP contribution in [0.25, 0.3) is 0 Å². The Morgan fingerprint density at radius 1 is 0.615 bits per heavy atom. The molecule has 13 heavy (non-hydrogen) atoms. The minimum absolute atomic E-state index is 0. The molecule has 0 aliphatic heterocycles. The van der Waals surface area contributed by atoms with Crippen molar-refractivity contribution in [2.45, 2.75) is 0 Å². The molecule has 0 unspecified atom stereocenters. The summed E-state index contributed by atoms with van der Waals surface area (Å²) >= 11 is 0. The summed E-state index contributed by atoms with van der Waals surface area (Å²) in [6.07, 6.45) is 0. The van der Waals surface area contributed by atoms with Crippen LogP contribution in [0.1, 0.15) is 0 Å². The van der Waals surface area contributed by atoms with Crippen LogP contribution in [-0.4, -0.2) is 13.5 Å². The molecule has 1 aromatic rings. The second kappa shape index (κ2) is 3.63. The Balaban J connectivity index is 0.00000144. The minimum Gasteiger partial charge on any atom is -0.503 e. The highest BCUT2D eigenvalue weighted by Crippen LogP contribution is 2.27. The van der Waals surface area contributed by atoms with E-state index in [0.717, 1.165) is 0 Å². The molecule has 7 heteroatoms. The van der Waals surface area contributed by atoms with Gasteiger partial charge in [-0.3, -0.25) is 0 Å². The molecule has 0 atom stereocenters. The normalized spacial score (nSPS) is 9.62. The molecule has 0 aliphatic carbocycles. The fraction of sp³-hybridized carbons (Fsp3) is 0. The number of aromatic hydroxyl groups is 1. The van der Waals surface area contributed by atoms with Gasteiger partial charge in [-0.05, 0) is 0 Å². The summed E-state index contributed by atoms with van der Waals surface area (Å²) in [4.78, 5) is 0. The minimum atomic E-state index is -2.29. The lowest BCUT2D eigenvalue weighted by atomic mass is 10.3. The van der Waals surface area contributed by atoms with Gasteiger partial charge in [0.15, 0.2) is 5.75 Å². The van der Waals surface area contributed by atoms with Gasteiger partial charge in [-0.15, -0.1) is 0 Å². The molecule has 3 radical (unpaired) electrons. The Morgan fingerprint density at radius 2 is 0.846 bits per heavy atom. The van der Waals surface area contributed by atoms with Crippen molar-refractivity contribution < 1.29 is 27.1 Å². The highest BCUT2D eigenvalue weighted by molar-refractivity contribution is 5.75. The maximum atomic E-state index is 12.2. The van der Waals surface area contributed by atoms with Crippen molar-refractivity contribution in [1.82, 2.24) is 0 Å². The number of benzene rings is 1. The van der Waals surface area contributed by atoms with Crippen LogP contribution >= 0.6 is 0 Å². The van der Waals surface area contributed by atoms with Gasteiger partial charge in [-0.25, -0.2) is 13.2 Å². The summed E-state index contributed by atoms with van der Waals surface area (Å²) in [5, 5.41) is 8.30. The summed E-state index contributed by atoms with van der Waals surface area (Å²) in [6, 6.07) is 0. The van der Waals surface area contributed by atoms with E-state index in [-0.39, 0.29) is 8.41 Å². The van der Waals surface area contributed by atoms with Crippen LogP contribution in [0.4, 0.5) is 22.0 Å². The maximum absolute atomic E-state index is 12.2. The van der Waals surface area contributed by atoms with E-state index in [1.54, 1.807) is 0 Å². The molecule has 0 amide bonds. The molecule has 1 nitrogen and oxygen atoms in total. The van der Waals surface area contributed by atoms with E-state index in [1.807, 2.05) is 0 Å². The molecule has 1 rings (SSSR count). The molecule has 0 aromatic heterocycles. The summed E-state index contributed by atoms with van der Waals surface area (Å²) in [5.41, 5.74) is 0. The monoisotopic (exact) mass is 195 g/mol. The van der Waals surface area contributed by atoms with Gasteiger partial charge in [-0.1, -0.05) is 0 Å². The second-order valence-electron chi connectivity index (χ2n) is 1.92. The Labute approximate surface area is 71.4 Å². The third kappa shape index (κ3) is 1.58. The average molecular weight is 195 g/mol. The van der Waals surface area contributed by atoms with E-state index in [2.05, 4.69) is 0 Å². The van der Waals surface area contributed by atoms with E-state index in [4.69, 9.17) is 5.11 Å². The number of rotatable bonds is 0. The Hall–Kier alpha value is -1.27. The lowest BCUT2D eigenvalue weighted by Crippen LogP contribution is -2.00. The van der Waals surface area contributed by atoms with E-state index in [1.165, 1.54) is 0 Å². The largest absolute Gasteiger partial charge is 0.503 e. The number of phenolic OH excluding ortho intramolecular Hbond substituents is 1. The highest BCUT2D eigenvalue weighted by atomic mass is 19.2. The third-order valence-electron chi connectivity index (χ3n) is 1.19. The van der Waals surface area contributed by atoms with Crippen LogP contribution in [0.2, 0.25) is 0 Å². The molecular formula is C6HBF5O. The molecule has 0 heterocycles. The second-order valence-corrected chi connectivity index (χ2v) is 1.92. The molecule has 0 fully saturated rings. The first-order chi connectivity index (χ1) is 5.46. The van der Waals surface area contributed by atoms with E-state index in [0.29, 0.717) is 0 Å². The lowest BCUT2D eigenvalue weighted by molar-refractivity contribution is 0.325. The molecule has 0 aliphatic rings. The first-order valence-corrected chi connectivity index (χ1v) is 2.67. The molecule has 1 N–H and O–H groups in total. The standard InChI is InChI=1S/C6HF5O.B/c7-1-2(8)4(10)6(12)5(11)3(1)9;/h12H;. The van der Waals surface area contributed by atoms with Crippen molar-refractivity contribution in [2.24, 2.45) is 0 Å². The first kappa shape index (κ1) is 11.7. The summed E-state index contributed by atoms with van der Waals surface area (Å²) in [7, 11) is 0. The topological polar surface area (TPSA) is 20.2 Å². The summed E-state index contributed by atoms with van der Waals surface area (Å²) in [6.45, 7) is 0. The Bertz CT molecular complexity index is 235. The quantitative estimate of drug-likeness (QED) is 0.289. The SMILES string of the molecule is Oc1c(F)c(F)c(F)c(F)c1F.[B]. The summed E-state index contributed by atoms with van der Waals surface area (Å²) in [5.74, 6) is -12.9. The zero-order chi connectivity index (χ0) is 9.46. The van der Waals surface area contributed by atoms with Gasteiger partial charge in [0.1, 0.15) is 0 Å². The van der Waals surface area contributed by atoms with Crippen LogP contribution < -0.4 is 0 Å². The van der Waals surface area contributed by atoms with Gasteiger partial charge in [-0.2, -0.15) is 8.78 Å². The van der Waals surface area contributed by atoms with Crippen LogP contribution in [0.5, 0.6) is 5.75 Å². The van der Waals surface area contributed by atoms with Gasteiger partial charge in [0.2, 0.25) is 29.1 Å². The molecule has 0 spiro atoms. The Morgan fingerprint density at radius 3 is 1.15 bits per heavy atom. The number of hydrogen-bond acceptors (Lipinski definition) is 1. The first-order valence-electron chi connectivity index (χ1n) is 2.67. The predicted octanol–water partition coefficient (Wildman–Crippen LogP) is 1.71. The van der Waals surface area contributed by atoms with Gasteiger partial charge in [0, 0.05) is 8.41 Å². The smallest absolute Gasteiger partial charge is 0.206 e. The van der Waals surface area contributed by atoms with Gasteiger partial charge in [0.25, 0.3) is 0 Å². The van der Waals surface area contributed by atoms with Gasteiger partial charge < -0.3 is 5.11 Å². The van der Waals surface area contributed by atoms with E-state index >= 15 is 0 Å². The van der Waals surface area contributed by atoms with E-state index < -0.39 is 34.8 Å². The summed E-state index contributed by atoms with van der Waals surface area (Å²) < 4.78 is 60.6. The zero-order valence-corrected chi connectivity index (χ0v) is 5.91.